The molecule has 1 unspecified atom stereocenters. The van der Waals surface area contributed by atoms with E-state index in [2.05, 4.69) is 4.90 Å². The first-order valence-electron chi connectivity index (χ1n) is 11.7. The molecule has 0 spiro atoms. The molecule has 0 aromatic heterocycles. The number of methoxy groups -OCH3 is 1. The Balaban J connectivity index is 1.48. The van der Waals surface area contributed by atoms with E-state index < -0.39 is 15.4 Å². The Morgan fingerprint density at radius 3 is 2.79 bits per heavy atom. The highest BCUT2D eigenvalue weighted by Gasteiger charge is 2.45. The normalized spacial score (nSPS) is 22.9. The molecule has 2 heterocycles. The average molecular weight is 483 g/mol. The molecule has 180 valence electrons. The number of likely N-dealkylation sites (N-methyl/N-ethyl adjacent to an activating group) is 1. The summed E-state index contributed by atoms with van der Waals surface area (Å²) in [6, 6.07) is 13.0. The van der Waals surface area contributed by atoms with Crippen LogP contribution in [0.3, 0.4) is 0 Å². The molecule has 1 saturated heterocycles. The van der Waals surface area contributed by atoms with E-state index in [1.807, 2.05) is 37.4 Å². The number of ketones is 1. The summed E-state index contributed by atoms with van der Waals surface area (Å²) in [6.45, 7) is 2.01. The second-order valence-electron chi connectivity index (χ2n) is 9.43. The lowest BCUT2D eigenvalue weighted by Crippen LogP contribution is -2.49. The first-order chi connectivity index (χ1) is 16.3. The molecule has 7 nitrogen and oxygen atoms in total. The summed E-state index contributed by atoms with van der Waals surface area (Å²) >= 11 is 0. The minimum Gasteiger partial charge on any atom is -0.497 e. The van der Waals surface area contributed by atoms with Crippen molar-refractivity contribution in [2.24, 2.45) is 5.41 Å². The van der Waals surface area contributed by atoms with Gasteiger partial charge in [0.2, 0.25) is 10.0 Å². The number of benzene rings is 2. The highest BCUT2D eigenvalue weighted by molar-refractivity contribution is 7.89. The Bertz CT molecular complexity index is 1260. The van der Waals surface area contributed by atoms with Crippen molar-refractivity contribution in [1.29, 1.82) is 0 Å². The van der Waals surface area contributed by atoms with Crippen LogP contribution in [-0.2, 0) is 21.2 Å². The standard InChI is InChI=1S/C26H30N2O5S/c1-27-12-13-33-25-16-23(6-7-24(25)27)34(30,31)28-11-9-20-15-21(29)8-10-26(20,18-28)17-19-4-3-5-22(14-19)32-2/h3-7,14-16H,8-13,17-18H2,1-2H3. The zero-order chi connectivity index (χ0) is 23.9. The SMILES string of the molecule is COc1cccc(CC23CCC(=O)C=C2CCN(S(=O)(=O)c2ccc4c(c2)OCCN4C)C3)c1. The van der Waals surface area contributed by atoms with E-state index in [1.165, 1.54) is 0 Å². The largest absolute Gasteiger partial charge is 0.497 e. The minimum atomic E-state index is -3.72. The van der Waals surface area contributed by atoms with Crippen molar-refractivity contribution >= 4 is 21.5 Å². The number of carbonyl (C=O) groups is 1. The number of fused-ring (bicyclic) bond motifs is 2. The van der Waals surface area contributed by atoms with Crippen molar-refractivity contribution in [3.8, 4) is 11.5 Å². The number of ether oxygens (including phenoxy) is 2. The van der Waals surface area contributed by atoms with Gasteiger partial charge in [0.25, 0.3) is 0 Å². The number of rotatable bonds is 5. The van der Waals surface area contributed by atoms with Crippen LogP contribution in [0.5, 0.6) is 11.5 Å². The van der Waals surface area contributed by atoms with Crippen LogP contribution in [-0.4, -0.2) is 58.9 Å². The molecule has 1 aliphatic carbocycles. The molecular formula is C26H30N2O5S. The number of allylic oxidation sites excluding steroid dienone is 1. The van der Waals surface area contributed by atoms with Crippen LogP contribution >= 0.6 is 0 Å². The summed E-state index contributed by atoms with van der Waals surface area (Å²) in [5.74, 6) is 1.50. The van der Waals surface area contributed by atoms with E-state index in [1.54, 1.807) is 29.6 Å². The Morgan fingerprint density at radius 1 is 1.12 bits per heavy atom. The lowest BCUT2D eigenvalue weighted by molar-refractivity contribution is -0.116. The van der Waals surface area contributed by atoms with Crippen molar-refractivity contribution in [2.45, 2.75) is 30.6 Å². The molecule has 1 fully saturated rings. The quantitative estimate of drug-likeness (QED) is 0.650. The van der Waals surface area contributed by atoms with Crippen LogP contribution in [0.4, 0.5) is 5.69 Å². The van der Waals surface area contributed by atoms with E-state index in [4.69, 9.17) is 9.47 Å². The molecule has 2 aliphatic heterocycles. The Kier molecular flexibility index (Phi) is 5.90. The minimum absolute atomic E-state index is 0.128. The first-order valence-corrected chi connectivity index (χ1v) is 13.1. The van der Waals surface area contributed by atoms with Crippen LogP contribution in [0.1, 0.15) is 24.8 Å². The predicted octanol–water partition coefficient (Wildman–Crippen LogP) is 3.44. The number of hydrogen-bond donors (Lipinski definition) is 0. The van der Waals surface area contributed by atoms with Gasteiger partial charge in [-0.3, -0.25) is 4.79 Å². The maximum atomic E-state index is 13.7. The Labute approximate surface area is 201 Å². The zero-order valence-corrected chi connectivity index (χ0v) is 20.4. The number of nitrogens with zero attached hydrogens (tertiary/aromatic N) is 2. The number of anilines is 1. The van der Waals surface area contributed by atoms with Gasteiger partial charge in [-0.1, -0.05) is 17.7 Å². The molecule has 0 amide bonds. The monoisotopic (exact) mass is 482 g/mol. The number of hydrogen-bond acceptors (Lipinski definition) is 6. The van der Waals surface area contributed by atoms with Gasteiger partial charge in [0.05, 0.1) is 24.2 Å². The topological polar surface area (TPSA) is 76.1 Å². The zero-order valence-electron chi connectivity index (χ0n) is 19.6. The lowest BCUT2D eigenvalue weighted by atomic mass is 9.66. The van der Waals surface area contributed by atoms with E-state index in [-0.39, 0.29) is 10.7 Å². The van der Waals surface area contributed by atoms with Crippen LogP contribution in [0.15, 0.2) is 59.0 Å². The van der Waals surface area contributed by atoms with E-state index in [0.29, 0.717) is 51.1 Å². The van der Waals surface area contributed by atoms with Gasteiger partial charge < -0.3 is 14.4 Å². The van der Waals surface area contributed by atoms with Gasteiger partial charge in [-0.25, -0.2) is 8.42 Å². The first kappa shape index (κ1) is 22.9. The molecule has 5 rings (SSSR count). The van der Waals surface area contributed by atoms with Crippen LogP contribution in [0, 0.1) is 5.41 Å². The van der Waals surface area contributed by atoms with Crippen LogP contribution < -0.4 is 14.4 Å². The van der Waals surface area contributed by atoms with Gasteiger partial charge >= 0.3 is 0 Å². The third-order valence-corrected chi connectivity index (χ3v) is 9.16. The lowest BCUT2D eigenvalue weighted by Gasteiger charge is -2.46. The van der Waals surface area contributed by atoms with Gasteiger partial charge in [0.15, 0.2) is 5.78 Å². The summed E-state index contributed by atoms with van der Waals surface area (Å²) < 4.78 is 40.2. The summed E-state index contributed by atoms with van der Waals surface area (Å²) in [5, 5.41) is 0. The highest BCUT2D eigenvalue weighted by atomic mass is 32.2. The molecule has 2 aromatic rings. The Morgan fingerprint density at radius 2 is 1.97 bits per heavy atom. The second kappa shape index (κ2) is 8.74. The van der Waals surface area contributed by atoms with Crippen molar-refractivity contribution in [2.75, 3.05) is 45.3 Å². The van der Waals surface area contributed by atoms with Crippen LogP contribution in [0.2, 0.25) is 0 Å². The van der Waals surface area contributed by atoms with Gasteiger partial charge in [0, 0.05) is 38.0 Å². The van der Waals surface area contributed by atoms with E-state index in [9.17, 15) is 13.2 Å². The van der Waals surface area contributed by atoms with Gasteiger partial charge in [-0.05, 0) is 55.2 Å². The average Bonchev–Trinajstić information content (AvgIpc) is 2.84. The van der Waals surface area contributed by atoms with Crippen molar-refractivity contribution in [3.05, 3.63) is 59.7 Å². The van der Waals surface area contributed by atoms with E-state index in [0.717, 1.165) is 29.1 Å². The molecule has 0 bridgehead atoms. The fraction of sp³-hybridized carbons (Fsp3) is 0.423. The number of piperidine rings is 1. The maximum absolute atomic E-state index is 13.7. The van der Waals surface area contributed by atoms with Gasteiger partial charge in [-0.15, -0.1) is 0 Å². The number of carbonyl (C=O) groups excluding carboxylic acids is 1. The molecular weight excluding hydrogens is 452 g/mol. The maximum Gasteiger partial charge on any atom is 0.243 e. The highest BCUT2D eigenvalue weighted by Crippen LogP contribution is 2.46. The second-order valence-corrected chi connectivity index (χ2v) is 11.4. The molecule has 2 aromatic carbocycles. The molecule has 34 heavy (non-hydrogen) atoms. The van der Waals surface area contributed by atoms with Crippen molar-refractivity contribution in [3.63, 3.8) is 0 Å². The van der Waals surface area contributed by atoms with Crippen molar-refractivity contribution < 1.29 is 22.7 Å². The molecule has 0 radical (unpaired) electrons. The predicted molar refractivity (Wildman–Crippen MR) is 130 cm³/mol. The van der Waals surface area contributed by atoms with Crippen molar-refractivity contribution in [1.82, 2.24) is 4.31 Å². The van der Waals surface area contributed by atoms with E-state index >= 15 is 0 Å². The van der Waals surface area contributed by atoms with Gasteiger partial charge in [-0.2, -0.15) is 4.31 Å². The van der Waals surface area contributed by atoms with Gasteiger partial charge in [0.1, 0.15) is 18.1 Å². The molecule has 0 N–H and O–H groups in total. The summed E-state index contributed by atoms with van der Waals surface area (Å²) in [6.07, 6.45) is 4.04. The summed E-state index contributed by atoms with van der Waals surface area (Å²) in [4.78, 5) is 14.5. The third-order valence-electron chi connectivity index (χ3n) is 7.32. The Hall–Kier alpha value is -2.84. The number of sulfonamides is 1. The molecule has 1 atom stereocenters. The smallest absolute Gasteiger partial charge is 0.243 e. The fourth-order valence-corrected chi connectivity index (χ4v) is 6.95. The fourth-order valence-electron chi connectivity index (χ4n) is 5.41. The summed E-state index contributed by atoms with van der Waals surface area (Å²) in [7, 11) is -0.114. The molecule has 8 heteroatoms. The molecule has 0 saturated carbocycles. The summed E-state index contributed by atoms with van der Waals surface area (Å²) in [5.41, 5.74) is 2.63. The molecule has 3 aliphatic rings. The van der Waals surface area contributed by atoms with Crippen LogP contribution in [0.25, 0.3) is 0 Å². The third kappa shape index (κ3) is 4.09.